The summed E-state index contributed by atoms with van der Waals surface area (Å²) in [5, 5.41) is 2.86. The van der Waals surface area contributed by atoms with Crippen LogP contribution in [0.3, 0.4) is 0 Å². The highest BCUT2D eigenvalue weighted by Crippen LogP contribution is 2.47. The van der Waals surface area contributed by atoms with Gasteiger partial charge in [-0.3, -0.25) is 9.59 Å². The van der Waals surface area contributed by atoms with Crippen molar-refractivity contribution in [3.8, 4) is 0 Å². The third-order valence-electron chi connectivity index (χ3n) is 5.38. The van der Waals surface area contributed by atoms with Crippen molar-refractivity contribution in [1.82, 2.24) is 0 Å². The van der Waals surface area contributed by atoms with Gasteiger partial charge in [0.05, 0.1) is 17.8 Å². The highest BCUT2D eigenvalue weighted by molar-refractivity contribution is 7.99. The van der Waals surface area contributed by atoms with Crippen LogP contribution >= 0.6 is 11.8 Å². The Morgan fingerprint density at radius 1 is 0.906 bits per heavy atom. The number of hydrogen-bond donors (Lipinski definition) is 1. The van der Waals surface area contributed by atoms with Crippen LogP contribution in [0.5, 0.6) is 0 Å². The van der Waals surface area contributed by atoms with Crippen molar-refractivity contribution in [2.45, 2.75) is 37.0 Å². The molecule has 3 aromatic rings. The minimum Gasteiger partial charge on any atom is -0.456 e. The number of fused-ring (bicyclic) bond motifs is 2. The zero-order valence-corrected chi connectivity index (χ0v) is 19.3. The quantitative estimate of drug-likeness (QED) is 0.486. The number of esters is 1. The predicted octanol–water partition coefficient (Wildman–Crippen LogP) is 5.79. The Balaban J connectivity index is 1.36. The van der Waals surface area contributed by atoms with Crippen molar-refractivity contribution in [3.05, 3.63) is 77.4 Å². The molecule has 6 heteroatoms. The second kappa shape index (κ2) is 9.49. The summed E-state index contributed by atoms with van der Waals surface area (Å²) in [7, 11) is 0. The molecule has 0 unspecified atom stereocenters. The highest BCUT2D eigenvalue weighted by Gasteiger charge is 2.23. The molecule has 0 saturated heterocycles. The van der Waals surface area contributed by atoms with Gasteiger partial charge in [-0.05, 0) is 56.2 Å². The molecule has 0 saturated carbocycles. The number of benzene rings is 3. The second-order valence-electron chi connectivity index (χ2n) is 7.92. The molecule has 4 rings (SSSR count). The lowest BCUT2D eigenvalue weighted by Crippen LogP contribution is -2.26. The van der Waals surface area contributed by atoms with Crippen molar-refractivity contribution in [2.24, 2.45) is 0 Å². The third kappa shape index (κ3) is 4.81. The predicted molar refractivity (Wildman–Crippen MR) is 129 cm³/mol. The lowest BCUT2D eigenvalue weighted by molar-refractivity contribution is -0.147. The highest BCUT2D eigenvalue weighted by atomic mass is 32.2. The van der Waals surface area contributed by atoms with Gasteiger partial charge in [0.2, 0.25) is 0 Å². The van der Waals surface area contributed by atoms with E-state index in [-0.39, 0.29) is 18.9 Å². The number of anilines is 3. The van der Waals surface area contributed by atoms with Gasteiger partial charge < -0.3 is 15.0 Å². The molecule has 0 radical (unpaired) electrons. The Hall–Kier alpha value is -3.25. The molecule has 1 amide bonds. The summed E-state index contributed by atoms with van der Waals surface area (Å²) in [5.74, 6) is -0.732. The molecule has 1 aliphatic rings. The largest absolute Gasteiger partial charge is 0.456 e. The zero-order valence-electron chi connectivity index (χ0n) is 18.5. The van der Waals surface area contributed by atoms with Crippen LogP contribution < -0.4 is 10.2 Å². The van der Waals surface area contributed by atoms with Gasteiger partial charge in [0.25, 0.3) is 5.91 Å². The number of nitrogens with zero attached hydrogens (tertiary/aromatic N) is 1. The van der Waals surface area contributed by atoms with Gasteiger partial charge in [-0.1, -0.05) is 53.7 Å². The van der Waals surface area contributed by atoms with E-state index >= 15 is 0 Å². The SMILES string of the molecule is Cc1cc(C)c(NC(=O)COC(=O)CCN2c3ccccc3Sc3ccccc32)c(C)c1. The zero-order chi connectivity index (χ0) is 22.7. The first kappa shape index (κ1) is 22.0. The van der Waals surface area contributed by atoms with Crippen molar-refractivity contribution in [1.29, 1.82) is 0 Å². The van der Waals surface area contributed by atoms with Crippen LogP contribution in [-0.4, -0.2) is 25.0 Å². The van der Waals surface area contributed by atoms with E-state index in [4.69, 9.17) is 4.74 Å². The minimum absolute atomic E-state index is 0.184. The fraction of sp³-hybridized carbons (Fsp3) is 0.231. The first-order valence-corrected chi connectivity index (χ1v) is 11.4. The molecule has 5 nitrogen and oxygen atoms in total. The smallest absolute Gasteiger partial charge is 0.308 e. The molecule has 164 valence electrons. The fourth-order valence-electron chi connectivity index (χ4n) is 4.00. The van der Waals surface area contributed by atoms with E-state index in [2.05, 4.69) is 34.5 Å². The van der Waals surface area contributed by atoms with E-state index in [1.54, 1.807) is 11.8 Å². The maximum atomic E-state index is 12.4. The van der Waals surface area contributed by atoms with Crippen LogP contribution in [0.1, 0.15) is 23.1 Å². The number of carbonyl (C=O) groups excluding carboxylic acids is 2. The Kier molecular flexibility index (Phi) is 6.51. The van der Waals surface area contributed by atoms with Gasteiger partial charge in [-0.25, -0.2) is 0 Å². The molecular formula is C26H26N2O3S. The molecule has 0 aliphatic carbocycles. The molecule has 0 fully saturated rings. The summed E-state index contributed by atoms with van der Waals surface area (Å²) in [6, 6.07) is 20.3. The van der Waals surface area contributed by atoms with Crippen LogP contribution in [0.15, 0.2) is 70.5 Å². The number of carbonyl (C=O) groups is 2. The Morgan fingerprint density at radius 3 is 2.06 bits per heavy atom. The van der Waals surface area contributed by atoms with Crippen LogP contribution in [0, 0.1) is 20.8 Å². The van der Waals surface area contributed by atoms with Crippen molar-refractivity contribution >= 4 is 40.7 Å². The second-order valence-corrected chi connectivity index (χ2v) is 9.01. The number of hydrogen-bond acceptors (Lipinski definition) is 5. The number of amides is 1. The van der Waals surface area contributed by atoms with E-state index in [1.165, 1.54) is 0 Å². The third-order valence-corrected chi connectivity index (χ3v) is 6.51. The molecule has 0 spiro atoms. The molecule has 3 aromatic carbocycles. The Morgan fingerprint density at radius 2 is 1.47 bits per heavy atom. The molecule has 1 N–H and O–H groups in total. The van der Waals surface area contributed by atoms with E-state index in [0.717, 1.165) is 43.5 Å². The van der Waals surface area contributed by atoms with E-state index < -0.39 is 5.97 Å². The van der Waals surface area contributed by atoms with Crippen LogP contribution in [-0.2, 0) is 14.3 Å². The van der Waals surface area contributed by atoms with Gasteiger partial charge >= 0.3 is 5.97 Å². The van der Waals surface area contributed by atoms with Crippen LogP contribution in [0.25, 0.3) is 0 Å². The summed E-state index contributed by atoms with van der Waals surface area (Å²) in [5.41, 5.74) is 6.04. The lowest BCUT2D eigenvalue weighted by atomic mass is 10.1. The average Bonchev–Trinajstić information content (AvgIpc) is 2.77. The number of ether oxygens (including phenoxy) is 1. The molecule has 0 bridgehead atoms. The molecule has 1 aliphatic heterocycles. The first-order chi connectivity index (χ1) is 15.4. The molecular weight excluding hydrogens is 420 g/mol. The van der Waals surface area contributed by atoms with Gasteiger partial charge in [0.1, 0.15) is 0 Å². The van der Waals surface area contributed by atoms with Crippen molar-refractivity contribution < 1.29 is 14.3 Å². The van der Waals surface area contributed by atoms with E-state index in [1.807, 2.05) is 57.2 Å². The minimum atomic E-state index is -0.398. The number of para-hydroxylation sites is 2. The summed E-state index contributed by atoms with van der Waals surface area (Å²) >= 11 is 1.73. The number of nitrogens with one attached hydrogen (secondary N) is 1. The summed E-state index contributed by atoms with van der Waals surface area (Å²) in [6.07, 6.45) is 0.184. The fourth-order valence-corrected chi connectivity index (χ4v) is 5.09. The molecule has 32 heavy (non-hydrogen) atoms. The standard InChI is InChI=1S/C26H26N2O3S/c1-17-14-18(2)26(19(3)15-17)27-24(29)16-31-25(30)12-13-28-20-8-4-6-10-22(20)32-23-11-7-5-9-21(23)28/h4-11,14-15H,12-13,16H2,1-3H3,(H,27,29). The first-order valence-electron chi connectivity index (χ1n) is 10.6. The van der Waals surface area contributed by atoms with Gasteiger partial charge in [0, 0.05) is 22.0 Å². The van der Waals surface area contributed by atoms with Gasteiger partial charge in [-0.2, -0.15) is 0 Å². The normalized spacial score (nSPS) is 12.0. The topological polar surface area (TPSA) is 58.6 Å². The van der Waals surface area contributed by atoms with Crippen molar-refractivity contribution in [2.75, 3.05) is 23.4 Å². The van der Waals surface area contributed by atoms with Gasteiger partial charge in [-0.15, -0.1) is 0 Å². The summed E-state index contributed by atoms with van der Waals surface area (Å²) in [6.45, 7) is 6.10. The lowest BCUT2D eigenvalue weighted by Gasteiger charge is -2.32. The molecule has 1 heterocycles. The average molecular weight is 447 g/mol. The van der Waals surface area contributed by atoms with E-state index in [9.17, 15) is 9.59 Å². The monoisotopic (exact) mass is 446 g/mol. The maximum absolute atomic E-state index is 12.4. The number of rotatable bonds is 6. The molecule has 0 atom stereocenters. The molecule has 0 aromatic heterocycles. The van der Waals surface area contributed by atoms with E-state index in [0.29, 0.717) is 6.54 Å². The Bertz CT molecular complexity index is 1110. The van der Waals surface area contributed by atoms with Crippen LogP contribution in [0.4, 0.5) is 17.1 Å². The number of aryl methyl sites for hydroxylation is 3. The van der Waals surface area contributed by atoms with Crippen molar-refractivity contribution in [3.63, 3.8) is 0 Å². The summed E-state index contributed by atoms with van der Waals surface area (Å²) in [4.78, 5) is 29.2. The van der Waals surface area contributed by atoms with Crippen LogP contribution in [0.2, 0.25) is 0 Å². The summed E-state index contributed by atoms with van der Waals surface area (Å²) < 4.78 is 5.26. The maximum Gasteiger partial charge on any atom is 0.308 e. The van der Waals surface area contributed by atoms with Gasteiger partial charge in [0.15, 0.2) is 6.61 Å². The Labute approximate surface area is 192 Å².